The van der Waals surface area contributed by atoms with E-state index in [0.717, 1.165) is 5.69 Å². The van der Waals surface area contributed by atoms with Crippen molar-refractivity contribution in [2.24, 2.45) is 0 Å². The van der Waals surface area contributed by atoms with E-state index < -0.39 is 10.0 Å². The molecule has 0 radical (unpaired) electrons. The quantitative estimate of drug-likeness (QED) is 0.796. The number of rotatable bonds is 4. The summed E-state index contributed by atoms with van der Waals surface area (Å²) in [6, 6.07) is 11.1. The van der Waals surface area contributed by atoms with Crippen molar-refractivity contribution in [2.75, 3.05) is 38.2 Å². The van der Waals surface area contributed by atoms with Gasteiger partial charge in [-0.15, -0.1) is 0 Å². The molecule has 0 atom stereocenters. The van der Waals surface area contributed by atoms with Crippen LogP contribution in [0.5, 0.6) is 5.75 Å². The predicted octanol–water partition coefficient (Wildman–Crippen LogP) is 3.48. The van der Waals surface area contributed by atoms with Crippen LogP contribution in [0.3, 0.4) is 0 Å². The van der Waals surface area contributed by atoms with Gasteiger partial charge in [0.15, 0.2) is 0 Å². The lowest BCUT2D eigenvalue weighted by molar-refractivity contribution is 0.374. The van der Waals surface area contributed by atoms with E-state index in [-0.39, 0.29) is 4.90 Å². The summed E-state index contributed by atoms with van der Waals surface area (Å²) in [5, 5.41) is 0.373. The number of aryl methyl sites for hydroxylation is 2. The van der Waals surface area contributed by atoms with E-state index in [1.807, 2.05) is 0 Å². The molecule has 1 fully saturated rings. The molecule has 1 aliphatic heterocycles. The Morgan fingerprint density at radius 2 is 1.58 bits per heavy atom. The minimum Gasteiger partial charge on any atom is -0.495 e. The number of hydrogen-bond acceptors (Lipinski definition) is 4. The Labute approximate surface area is 160 Å². The Morgan fingerprint density at radius 1 is 0.962 bits per heavy atom. The van der Waals surface area contributed by atoms with E-state index in [2.05, 4.69) is 36.9 Å². The molecule has 140 valence electrons. The largest absolute Gasteiger partial charge is 0.495 e. The van der Waals surface area contributed by atoms with Crippen LogP contribution in [0.2, 0.25) is 5.02 Å². The first-order valence-electron chi connectivity index (χ1n) is 8.48. The Morgan fingerprint density at radius 3 is 2.15 bits per heavy atom. The molecule has 0 spiro atoms. The normalized spacial score (nSPS) is 15.9. The molecule has 2 aromatic carbocycles. The zero-order valence-corrected chi connectivity index (χ0v) is 16.8. The van der Waals surface area contributed by atoms with Crippen LogP contribution >= 0.6 is 11.6 Å². The average molecular weight is 395 g/mol. The third kappa shape index (κ3) is 3.82. The van der Waals surface area contributed by atoms with Crippen molar-refractivity contribution in [1.29, 1.82) is 0 Å². The lowest BCUT2D eigenvalue weighted by Gasteiger charge is -2.35. The third-order valence-electron chi connectivity index (χ3n) is 4.55. The number of halogens is 1. The molecule has 0 aliphatic carbocycles. The monoisotopic (exact) mass is 394 g/mol. The molecule has 2 aromatic rings. The second-order valence-electron chi connectivity index (χ2n) is 6.53. The van der Waals surface area contributed by atoms with Crippen LogP contribution in [0.4, 0.5) is 5.69 Å². The molecule has 0 unspecified atom stereocenters. The van der Waals surface area contributed by atoms with Gasteiger partial charge in [-0.3, -0.25) is 0 Å². The lowest BCUT2D eigenvalue weighted by atomic mass is 10.1. The fourth-order valence-electron chi connectivity index (χ4n) is 3.31. The van der Waals surface area contributed by atoms with Crippen LogP contribution in [0.1, 0.15) is 11.1 Å². The fraction of sp³-hybridized carbons (Fsp3) is 0.368. The Bertz CT molecular complexity index is 887. The molecule has 1 aliphatic rings. The maximum atomic E-state index is 13.0. The molecular formula is C19H23ClN2O3S. The first kappa shape index (κ1) is 19.0. The number of anilines is 1. The number of nitrogens with zero attached hydrogens (tertiary/aromatic N) is 2. The molecule has 1 heterocycles. The first-order chi connectivity index (χ1) is 12.3. The van der Waals surface area contributed by atoms with E-state index in [1.165, 1.54) is 28.6 Å². The Balaban J connectivity index is 1.80. The third-order valence-corrected chi connectivity index (χ3v) is 6.71. The topological polar surface area (TPSA) is 49.9 Å². The lowest BCUT2D eigenvalue weighted by Crippen LogP contribution is -2.48. The summed E-state index contributed by atoms with van der Waals surface area (Å²) in [4.78, 5) is 2.34. The van der Waals surface area contributed by atoms with E-state index >= 15 is 0 Å². The number of hydrogen-bond donors (Lipinski definition) is 0. The summed E-state index contributed by atoms with van der Waals surface area (Å²) in [6.07, 6.45) is 0. The number of benzene rings is 2. The number of ether oxygens (including phenoxy) is 1. The highest BCUT2D eigenvalue weighted by Crippen LogP contribution is 2.30. The van der Waals surface area contributed by atoms with Gasteiger partial charge in [0.25, 0.3) is 0 Å². The van der Waals surface area contributed by atoms with Crippen LogP contribution in [-0.4, -0.2) is 46.0 Å². The minimum atomic E-state index is -3.65. The number of piperazine rings is 1. The summed E-state index contributed by atoms with van der Waals surface area (Å²) >= 11 is 6.00. The minimum absolute atomic E-state index is 0.118. The van der Waals surface area contributed by atoms with E-state index in [4.69, 9.17) is 16.3 Å². The van der Waals surface area contributed by atoms with Crippen molar-refractivity contribution in [3.8, 4) is 5.75 Å². The van der Waals surface area contributed by atoms with Gasteiger partial charge in [-0.1, -0.05) is 17.7 Å². The number of methoxy groups -OCH3 is 1. The summed E-state index contributed by atoms with van der Waals surface area (Å²) < 4.78 is 32.8. The van der Waals surface area contributed by atoms with E-state index in [9.17, 15) is 8.42 Å². The van der Waals surface area contributed by atoms with Crippen LogP contribution in [-0.2, 0) is 10.0 Å². The molecule has 5 nitrogen and oxygen atoms in total. The molecule has 0 amide bonds. The van der Waals surface area contributed by atoms with Crippen molar-refractivity contribution in [2.45, 2.75) is 18.7 Å². The smallest absolute Gasteiger partial charge is 0.246 e. The van der Waals surface area contributed by atoms with Gasteiger partial charge >= 0.3 is 0 Å². The molecule has 26 heavy (non-hydrogen) atoms. The van der Waals surface area contributed by atoms with Gasteiger partial charge in [0, 0.05) is 36.9 Å². The van der Waals surface area contributed by atoms with Crippen LogP contribution in [0.25, 0.3) is 0 Å². The van der Waals surface area contributed by atoms with Gasteiger partial charge in [0.05, 0.1) is 7.11 Å². The van der Waals surface area contributed by atoms with Crippen LogP contribution < -0.4 is 9.64 Å². The van der Waals surface area contributed by atoms with Gasteiger partial charge in [0.2, 0.25) is 10.0 Å². The summed E-state index contributed by atoms with van der Waals surface area (Å²) in [5.74, 6) is 0.311. The highest BCUT2D eigenvalue weighted by atomic mass is 35.5. The summed E-state index contributed by atoms with van der Waals surface area (Å²) in [7, 11) is -2.19. The summed E-state index contributed by atoms with van der Waals surface area (Å²) in [6.45, 7) is 6.28. The van der Waals surface area contributed by atoms with Gasteiger partial charge in [-0.05, 0) is 55.3 Å². The molecule has 3 rings (SSSR count). The maximum Gasteiger partial charge on any atom is 0.246 e. The Hall–Kier alpha value is -1.76. The fourth-order valence-corrected chi connectivity index (χ4v) is 5.15. The Kier molecular flexibility index (Phi) is 5.46. The molecule has 0 aromatic heterocycles. The highest BCUT2D eigenvalue weighted by molar-refractivity contribution is 7.89. The molecule has 0 N–H and O–H groups in total. The molecule has 1 saturated heterocycles. The maximum absolute atomic E-state index is 13.0. The summed E-state index contributed by atoms with van der Waals surface area (Å²) in [5.41, 5.74) is 3.55. The highest BCUT2D eigenvalue weighted by Gasteiger charge is 2.31. The van der Waals surface area contributed by atoms with E-state index in [1.54, 1.807) is 12.1 Å². The van der Waals surface area contributed by atoms with Crippen molar-refractivity contribution in [3.63, 3.8) is 0 Å². The van der Waals surface area contributed by atoms with Crippen molar-refractivity contribution >= 4 is 27.3 Å². The average Bonchev–Trinajstić information content (AvgIpc) is 2.61. The number of sulfonamides is 1. The van der Waals surface area contributed by atoms with Crippen molar-refractivity contribution in [3.05, 3.63) is 52.5 Å². The SMILES string of the molecule is COc1ccc(Cl)cc1S(=O)(=O)N1CCN(c2cc(C)cc(C)c2)CC1. The second kappa shape index (κ2) is 7.47. The zero-order chi connectivity index (χ0) is 18.9. The second-order valence-corrected chi connectivity index (χ2v) is 8.88. The van der Waals surface area contributed by atoms with Crippen LogP contribution in [0.15, 0.2) is 41.3 Å². The molecule has 0 bridgehead atoms. The van der Waals surface area contributed by atoms with Crippen LogP contribution in [0, 0.1) is 13.8 Å². The van der Waals surface area contributed by atoms with Crippen molar-refractivity contribution in [1.82, 2.24) is 4.31 Å². The van der Waals surface area contributed by atoms with Gasteiger partial charge in [0.1, 0.15) is 10.6 Å². The predicted molar refractivity (Wildman–Crippen MR) is 105 cm³/mol. The molecule has 0 saturated carbocycles. The standard InChI is InChI=1S/C19H23ClN2O3S/c1-14-10-15(2)12-17(11-14)21-6-8-22(9-7-21)26(23,24)19-13-16(20)4-5-18(19)25-3/h4-5,10-13H,6-9H2,1-3H3. The molecule has 7 heteroatoms. The van der Waals surface area contributed by atoms with Gasteiger partial charge < -0.3 is 9.64 Å². The zero-order valence-electron chi connectivity index (χ0n) is 15.2. The first-order valence-corrected chi connectivity index (χ1v) is 10.3. The van der Waals surface area contributed by atoms with Gasteiger partial charge in [-0.2, -0.15) is 4.31 Å². The van der Waals surface area contributed by atoms with E-state index in [0.29, 0.717) is 37.0 Å². The van der Waals surface area contributed by atoms with Crippen molar-refractivity contribution < 1.29 is 13.2 Å². The van der Waals surface area contributed by atoms with Gasteiger partial charge in [-0.25, -0.2) is 8.42 Å². The molecular weight excluding hydrogens is 372 g/mol.